The topological polar surface area (TPSA) is 104 Å². The summed E-state index contributed by atoms with van der Waals surface area (Å²) in [6.45, 7) is 5.25. The fourth-order valence-corrected chi connectivity index (χ4v) is 2.37. The van der Waals surface area contributed by atoms with Gasteiger partial charge in [-0.2, -0.15) is 0 Å². The van der Waals surface area contributed by atoms with Gasteiger partial charge in [-0.25, -0.2) is 4.98 Å². The normalized spacial score (nSPS) is 10.3. The second kappa shape index (κ2) is 7.54. The summed E-state index contributed by atoms with van der Waals surface area (Å²) < 4.78 is 0. The van der Waals surface area contributed by atoms with Crippen LogP contribution in [0, 0.1) is 20.8 Å². The van der Waals surface area contributed by atoms with Gasteiger partial charge in [0.25, 0.3) is 11.5 Å². The molecule has 0 fully saturated rings. The molecule has 1 heterocycles. The number of benzene rings is 1. The number of rotatable bonds is 4. The summed E-state index contributed by atoms with van der Waals surface area (Å²) in [5.74, 6) is -0.222. The van der Waals surface area contributed by atoms with Crippen LogP contribution in [-0.4, -0.2) is 21.8 Å². The number of hydrazine groups is 1. The molecule has 2 amide bonds. The van der Waals surface area contributed by atoms with Crippen molar-refractivity contribution in [2.75, 3.05) is 0 Å². The molecule has 126 valence electrons. The monoisotopic (exact) mass is 328 g/mol. The van der Waals surface area contributed by atoms with Crippen LogP contribution in [0.4, 0.5) is 0 Å². The predicted octanol–water partition coefficient (Wildman–Crippen LogP) is 1.09. The van der Waals surface area contributed by atoms with Crippen LogP contribution in [0.5, 0.6) is 0 Å². The number of carbonyl (C=O) groups excluding carboxylic acids is 2. The number of aryl methyl sites for hydroxylation is 3. The van der Waals surface area contributed by atoms with Crippen LogP contribution in [0.1, 0.15) is 39.4 Å². The highest BCUT2D eigenvalue weighted by Gasteiger charge is 2.12. The van der Waals surface area contributed by atoms with Crippen molar-refractivity contribution in [1.82, 2.24) is 20.8 Å². The summed E-state index contributed by atoms with van der Waals surface area (Å²) in [7, 11) is 0. The number of aromatic amines is 1. The highest BCUT2D eigenvalue weighted by atomic mass is 16.2. The zero-order valence-electron chi connectivity index (χ0n) is 13.9. The molecule has 0 saturated carbocycles. The van der Waals surface area contributed by atoms with E-state index < -0.39 is 0 Å². The van der Waals surface area contributed by atoms with E-state index in [0.29, 0.717) is 22.6 Å². The quantitative estimate of drug-likeness (QED) is 0.731. The van der Waals surface area contributed by atoms with Gasteiger partial charge in [0, 0.05) is 23.2 Å². The van der Waals surface area contributed by atoms with Crippen molar-refractivity contribution in [1.29, 1.82) is 0 Å². The molecule has 3 N–H and O–H groups in total. The Morgan fingerprint density at radius 2 is 1.83 bits per heavy atom. The minimum absolute atomic E-state index is 0.0721. The van der Waals surface area contributed by atoms with Gasteiger partial charge in [0.15, 0.2) is 0 Å². The first-order valence-corrected chi connectivity index (χ1v) is 7.59. The minimum atomic E-state index is -0.382. The van der Waals surface area contributed by atoms with Gasteiger partial charge in [-0.3, -0.25) is 25.2 Å². The van der Waals surface area contributed by atoms with E-state index in [1.165, 1.54) is 0 Å². The molecule has 7 nitrogen and oxygen atoms in total. The molecule has 0 atom stereocenters. The molecule has 0 radical (unpaired) electrons. The largest absolute Gasteiger partial charge is 0.311 e. The summed E-state index contributed by atoms with van der Waals surface area (Å²) in [6, 6.07) is 7.08. The van der Waals surface area contributed by atoms with Gasteiger partial charge >= 0.3 is 0 Å². The predicted molar refractivity (Wildman–Crippen MR) is 89.4 cm³/mol. The second-order valence-corrected chi connectivity index (χ2v) is 5.53. The number of hydrogen-bond acceptors (Lipinski definition) is 4. The first kappa shape index (κ1) is 17.4. The van der Waals surface area contributed by atoms with Crippen molar-refractivity contribution >= 4 is 11.8 Å². The average molecular weight is 328 g/mol. The van der Waals surface area contributed by atoms with Gasteiger partial charge in [0.1, 0.15) is 5.82 Å². The Kier molecular flexibility index (Phi) is 5.47. The number of H-pyrrole nitrogens is 1. The van der Waals surface area contributed by atoms with Crippen molar-refractivity contribution in [3.8, 4) is 0 Å². The van der Waals surface area contributed by atoms with E-state index in [2.05, 4.69) is 20.8 Å². The van der Waals surface area contributed by atoms with Crippen LogP contribution >= 0.6 is 0 Å². The highest BCUT2D eigenvalue weighted by Crippen LogP contribution is 2.06. The molecule has 2 rings (SSSR count). The zero-order valence-corrected chi connectivity index (χ0v) is 13.9. The molecule has 0 bridgehead atoms. The summed E-state index contributed by atoms with van der Waals surface area (Å²) >= 11 is 0. The molecule has 7 heteroatoms. The van der Waals surface area contributed by atoms with Crippen LogP contribution < -0.4 is 16.4 Å². The maximum absolute atomic E-state index is 12.0. The van der Waals surface area contributed by atoms with E-state index in [4.69, 9.17) is 0 Å². The third-order valence-electron chi connectivity index (χ3n) is 3.65. The van der Waals surface area contributed by atoms with Gasteiger partial charge in [-0.05, 0) is 38.8 Å². The maximum atomic E-state index is 12.0. The second-order valence-electron chi connectivity index (χ2n) is 5.53. The van der Waals surface area contributed by atoms with Crippen LogP contribution in [-0.2, 0) is 11.2 Å². The zero-order chi connectivity index (χ0) is 17.7. The third kappa shape index (κ3) is 4.28. The standard InChI is InChI=1S/C17H20N4O3/c1-10-6-4-5-7-13(10)17(24)21-20-15(22)9-8-14-11(2)18-12(3)19-16(14)23/h4-7H,8-9H2,1-3H3,(H,20,22)(H,21,24)(H,18,19,23). The summed E-state index contributed by atoms with van der Waals surface area (Å²) in [5.41, 5.74) is 6.88. The molecule has 1 aromatic heterocycles. The van der Waals surface area contributed by atoms with E-state index in [9.17, 15) is 14.4 Å². The van der Waals surface area contributed by atoms with Gasteiger partial charge in [-0.15, -0.1) is 0 Å². The van der Waals surface area contributed by atoms with Crippen LogP contribution in [0.3, 0.4) is 0 Å². The molecule has 0 aliphatic rings. The molecule has 0 aliphatic heterocycles. The Morgan fingerprint density at radius 3 is 2.50 bits per heavy atom. The van der Waals surface area contributed by atoms with Crippen LogP contribution in [0.2, 0.25) is 0 Å². The maximum Gasteiger partial charge on any atom is 0.269 e. The first-order chi connectivity index (χ1) is 11.4. The van der Waals surface area contributed by atoms with Crippen molar-refractivity contribution in [3.63, 3.8) is 0 Å². The van der Waals surface area contributed by atoms with Gasteiger partial charge < -0.3 is 4.98 Å². The lowest BCUT2D eigenvalue weighted by atomic mass is 10.1. The number of nitrogens with one attached hydrogen (secondary N) is 3. The molecule has 2 aromatic rings. The number of nitrogens with zero attached hydrogens (tertiary/aromatic N) is 1. The summed E-state index contributed by atoms with van der Waals surface area (Å²) in [4.78, 5) is 42.5. The van der Waals surface area contributed by atoms with Crippen molar-refractivity contribution in [2.24, 2.45) is 0 Å². The Morgan fingerprint density at radius 1 is 1.12 bits per heavy atom. The molecule has 0 saturated heterocycles. The Labute approximate surface area is 139 Å². The number of aromatic nitrogens is 2. The molecule has 24 heavy (non-hydrogen) atoms. The smallest absolute Gasteiger partial charge is 0.269 e. The summed E-state index contributed by atoms with van der Waals surface area (Å²) in [5, 5.41) is 0. The summed E-state index contributed by atoms with van der Waals surface area (Å²) in [6.07, 6.45) is 0.323. The van der Waals surface area contributed by atoms with Crippen LogP contribution in [0.25, 0.3) is 0 Å². The average Bonchev–Trinajstić information content (AvgIpc) is 2.52. The molecule has 1 aromatic carbocycles. The third-order valence-corrected chi connectivity index (χ3v) is 3.65. The lowest BCUT2D eigenvalue weighted by molar-refractivity contribution is -0.121. The highest BCUT2D eigenvalue weighted by molar-refractivity contribution is 5.96. The van der Waals surface area contributed by atoms with E-state index in [1.807, 2.05) is 19.1 Å². The molecule has 0 unspecified atom stereocenters. The number of hydrogen-bond donors (Lipinski definition) is 3. The van der Waals surface area contributed by atoms with E-state index >= 15 is 0 Å². The first-order valence-electron chi connectivity index (χ1n) is 7.59. The molecular formula is C17H20N4O3. The number of carbonyl (C=O) groups is 2. The minimum Gasteiger partial charge on any atom is -0.311 e. The molecular weight excluding hydrogens is 308 g/mol. The van der Waals surface area contributed by atoms with Crippen molar-refractivity contribution in [3.05, 3.63) is 62.8 Å². The van der Waals surface area contributed by atoms with Gasteiger partial charge in [-0.1, -0.05) is 18.2 Å². The van der Waals surface area contributed by atoms with Gasteiger partial charge in [0.05, 0.1) is 0 Å². The number of amides is 2. The molecule has 0 spiro atoms. The van der Waals surface area contributed by atoms with Gasteiger partial charge in [0.2, 0.25) is 5.91 Å². The molecule has 0 aliphatic carbocycles. The fourth-order valence-electron chi connectivity index (χ4n) is 2.37. The van der Waals surface area contributed by atoms with E-state index in [0.717, 1.165) is 5.56 Å². The van der Waals surface area contributed by atoms with Crippen molar-refractivity contribution < 1.29 is 9.59 Å². The fraction of sp³-hybridized carbons (Fsp3) is 0.294. The SMILES string of the molecule is Cc1nc(C)c(CCC(=O)NNC(=O)c2ccccc2C)c(=O)[nH]1. The Balaban J connectivity index is 1.90. The van der Waals surface area contributed by atoms with E-state index in [-0.39, 0.29) is 30.2 Å². The Bertz CT molecular complexity index is 827. The Hall–Kier alpha value is -2.96. The lowest BCUT2D eigenvalue weighted by Gasteiger charge is -2.09. The van der Waals surface area contributed by atoms with Crippen molar-refractivity contribution in [2.45, 2.75) is 33.6 Å². The lowest BCUT2D eigenvalue weighted by Crippen LogP contribution is -2.42. The van der Waals surface area contributed by atoms with E-state index in [1.54, 1.807) is 26.0 Å². The van der Waals surface area contributed by atoms with Crippen LogP contribution in [0.15, 0.2) is 29.1 Å².